The first-order valence-corrected chi connectivity index (χ1v) is 9.53. The highest BCUT2D eigenvalue weighted by Crippen LogP contribution is 2.23. The van der Waals surface area contributed by atoms with E-state index in [1.807, 2.05) is 35.8 Å². The summed E-state index contributed by atoms with van der Waals surface area (Å²) >= 11 is 5.96. The number of fused-ring (bicyclic) bond motifs is 1. The van der Waals surface area contributed by atoms with E-state index in [4.69, 9.17) is 16.7 Å². The third kappa shape index (κ3) is 3.44. The van der Waals surface area contributed by atoms with Gasteiger partial charge in [0.25, 0.3) is 0 Å². The molecule has 0 amide bonds. The Morgan fingerprint density at radius 2 is 1.96 bits per heavy atom. The SMILES string of the molecule is CCc1nc2ccccc2n1CC(=O)c1ccc(S(N)(=O)=O)c(Cl)c1. The van der Waals surface area contributed by atoms with Crippen LogP contribution in [0.4, 0.5) is 0 Å². The van der Waals surface area contributed by atoms with Crippen LogP contribution in [0.2, 0.25) is 5.02 Å². The molecule has 0 unspecified atom stereocenters. The Labute approximate surface area is 150 Å². The number of hydrogen-bond acceptors (Lipinski definition) is 4. The molecule has 25 heavy (non-hydrogen) atoms. The molecule has 3 aromatic rings. The van der Waals surface area contributed by atoms with E-state index in [2.05, 4.69) is 4.98 Å². The molecule has 6 nitrogen and oxygen atoms in total. The topological polar surface area (TPSA) is 95.0 Å². The average molecular weight is 378 g/mol. The lowest BCUT2D eigenvalue weighted by molar-refractivity contribution is 0.0972. The minimum atomic E-state index is -3.92. The third-order valence-corrected chi connectivity index (χ3v) is 5.31. The Hall–Kier alpha value is -2.22. The predicted molar refractivity (Wildman–Crippen MR) is 96.3 cm³/mol. The van der Waals surface area contributed by atoms with Gasteiger partial charge in [0, 0.05) is 12.0 Å². The van der Waals surface area contributed by atoms with Gasteiger partial charge in [-0.25, -0.2) is 18.5 Å². The lowest BCUT2D eigenvalue weighted by atomic mass is 10.1. The van der Waals surface area contributed by atoms with Crippen LogP contribution in [0.25, 0.3) is 11.0 Å². The van der Waals surface area contributed by atoms with Crippen LogP contribution in [0.5, 0.6) is 0 Å². The number of nitrogens with two attached hydrogens (primary N) is 1. The standard InChI is InChI=1S/C17H16ClN3O3S/c1-2-17-20-13-5-3-4-6-14(13)21(17)10-15(22)11-7-8-16(12(18)9-11)25(19,23)24/h3-9H,2,10H2,1H3,(H2,19,23,24). The number of halogens is 1. The molecule has 0 aliphatic heterocycles. The fourth-order valence-corrected chi connectivity index (χ4v) is 3.80. The summed E-state index contributed by atoms with van der Waals surface area (Å²) in [6, 6.07) is 11.6. The number of carbonyl (C=O) groups is 1. The quantitative estimate of drug-likeness (QED) is 0.691. The van der Waals surface area contributed by atoms with Gasteiger partial charge in [0.05, 0.1) is 22.6 Å². The van der Waals surface area contributed by atoms with Crippen molar-refractivity contribution in [1.82, 2.24) is 9.55 Å². The van der Waals surface area contributed by atoms with Crippen molar-refractivity contribution in [1.29, 1.82) is 0 Å². The summed E-state index contributed by atoms with van der Waals surface area (Å²) in [5, 5.41) is 5.01. The Bertz CT molecular complexity index is 1070. The molecule has 0 spiro atoms. The number of aromatic nitrogens is 2. The maximum absolute atomic E-state index is 12.6. The summed E-state index contributed by atoms with van der Waals surface area (Å²) in [5.74, 6) is 0.613. The van der Waals surface area contributed by atoms with Crippen molar-refractivity contribution in [3.63, 3.8) is 0 Å². The summed E-state index contributed by atoms with van der Waals surface area (Å²) in [7, 11) is -3.92. The monoisotopic (exact) mass is 377 g/mol. The van der Waals surface area contributed by atoms with Gasteiger partial charge in [-0.3, -0.25) is 4.79 Å². The minimum Gasteiger partial charge on any atom is -0.320 e. The predicted octanol–water partition coefficient (Wildman–Crippen LogP) is 2.78. The second kappa shape index (κ2) is 6.59. The molecule has 0 radical (unpaired) electrons. The Kier molecular flexibility index (Phi) is 4.64. The number of sulfonamides is 1. The van der Waals surface area contributed by atoms with Gasteiger partial charge in [0.1, 0.15) is 10.7 Å². The van der Waals surface area contributed by atoms with E-state index in [0.717, 1.165) is 16.9 Å². The van der Waals surface area contributed by atoms with Gasteiger partial charge in [-0.2, -0.15) is 0 Å². The fourth-order valence-electron chi connectivity index (χ4n) is 2.71. The summed E-state index contributed by atoms with van der Waals surface area (Å²) in [6.07, 6.45) is 0.688. The van der Waals surface area contributed by atoms with E-state index >= 15 is 0 Å². The van der Waals surface area contributed by atoms with Gasteiger partial charge < -0.3 is 4.57 Å². The maximum atomic E-state index is 12.6. The number of aryl methyl sites for hydroxylation is 1. The molecule has 2 aromatic carbocycles. The molecule has 0 fully saturated rings. The van der Waals surface area contributed by atoms with Crippen LogP contribution in [-0.4, -0.2) is 23.8 Å². The van der Waals surface area contributed by atoms with Gasteiger partial charge in [-0.15, -0.1) is 0 Å². The number of Topliss-reactive ketones (excluding diaryl/α,β-unsaturated/α-hetero) is 1. The number of para-hydroxylation sites is 2. The summed E-state index contributed by atoms with van der Waals surface area (Å²) in [4.78, 5) is 17.0. The normalized spacial score (nSPS) is 11.8. The molecule has 3 rings (SSSR count). The number of primary sulfonamides is 1. The van der Waals surface area contributed by atoms with Crippen molar-refractivity contribution in [2.75, 3.05) is 0 Å². The Morgan fingerprint density at radius 3 is 2.60 bits per heavy atom. The van der Waals surface area contributed by atoms with E-state index in [9.17, 15) is 13.2 Å². The van der Waals surface area contributed by atoms with Crippen LogP contribution >= 0.6 is 11.6 Å². The molecule has 0 aliphatic carbocycles. The molecule has 0 saturated carbocycles. The summed E-state index contributed by atoms with van der Waals surface area (Å²) in [5.41, 5.74) is 2.02. The molecule has 0 bridgehead atoms. The minimum absolute atomic E-state index is 0.0699. The van der Waals surface area contributed by atoms with Crippen molar-refractivity contribution in [3.05, 3.63) is 58.9 Å². The lowest BCUT2D eigenvalue weighted by Gasteiger charge is -2.09. The van der Waals surface area contributed by atoms with Crippen LogP contribution in [0, 0.1) is 0 Å². The molecule has 2 N–H and O–H groups in total. The number of imidazole rings is 1. The van der Waals surface area contributed by atoms with E-state index < -0.39 is 10.0 Å². The van der Waals surface area contributed by atoms with Crippen LogP contribution in [0.15, 0.2) is 47.4 Å². The molecule has 130 valence electrons. The molecule has 0 aliphatic rings. The molecule has 1 heterocycles. The van der Waals surface area contributed by atoms with Crippen molar-refractivity contribution in [2.45, 2.75) is 24.8 Å². The number of benzene rings is 2. The molecule has 0 saturated heterocycles. The molecule has 8 heteroatoms. The zero-order valence-electron chi connectivity index (χ0n) is 13.4. The van der Waals surface area contributed by atoms with Crippen LogP contribution in [0.1, 0.15) is 23.1 Å². The summed E-state index contributed by atoms with van der Waals surface area (Å²) < 4.78 is 24.7. The number of ketones is 1. The second-order valence-corrected chi connectivity index (χ2v) is 7.51. The number of rotatable bonds is 5. The van der Waals surface area contributed by atoms with E-state index in [-0.39, 0.29) is 22.2 Å². The second-order valence-electron chi connectivity index (χ2n) is 5.57. The van der Waals surface area contributed by atoms with Crippen LogP contribution in [0.3, 0.4) is 0 Å². The van der Waals surface area contributed by atoms with E-state index in [1.165, 1.54) is 18.2 Å². The van der Waals surface area contributed by atoms with E-state index in [0.29, 0.717) is 12.0 Å². The molecular weight excluding hydrogens is 362 g/mol. The van der Waals surface area contributed by atoms with Crippen molar-refractivity contribution in [3.8, 4) is 0 Å². The van der Waals surface area contributed by atoms with Gasteiger partial charge in [0.2, 0.25) is 10.0 Å². The lowest BCUT2D eigenvalue weighted by Crippen LogP contribution is -2.15. The first-order chi connectivity index (χ1) is 11.8. The third-order valence-electron chi connectivity index (χ3n) is 3.91. The van der Waals surface area contributed by atoms with Crippen LogP contribution in [-0.2, 0) is 23.0 Å². The fraction of sp³-hybridized carbons (Fsp3) is 0.176. The van der Waals surface area contributed by atoms with Gasteiger partial charge in [-0.1, -0.05) is 30.7 Å². The van der Waals surface area contributed by atoms with Crippen LogP contribution < -0.4 is 5.14 Å². The smallest absolute Gasteiger partial charge is 0.239 e. The average Bonchev–Trinajstić information content (AvgIpc) is 2.91. The first kappa shape index (κ1) is 17.6. The Balaban J connectivity index is 1.97. The first-order valence-electron chi connectivity index (χ1n) is 7.61. The van der Waals surface area contributed by atoms with Crippen molar-refractivity contribution in [2.24, 2.45) is 5.14 Å². The molecule has 1 aromatic heterocycles. The zero-order valence-corrected chi connectivity index (χ0v) is 15.0. The van der Waals surface area contributed by atoms with Crippen molar-refractivity contribution >= 4 is 38.4 Å². The highest BCUT2D eigenvalue weighted by molar-refractivity contribution is 7.89. The molecular formula is C17H16ClN3O3S. The van der Waals surface area contributed by atoms with Crippen molar-refractivity contribution < 1.29 is 13.2 Å². The Morgan fingerprint density at radius 1 is 1.24 bits per heavy atom. The highest BCUT2D eigenvalue weighted by Gasteiger charge is 2.17. The maximum Gasteiger partial charge on any atom is 0.239 e. The zero-order chi connectivity index (χ0) is 18.2. The number of carbonyl (C=O) groups excluding carboxylic acids is 1. The molecule has 0 atom stereocenters. The van der Waals surface area contributed by atoms with Gasteiger partial charge >= 0.3 is 0 Å². The largest absolute Gasteiger partial charge is 0.320 e. The highest BCUT2D eigenvalue weighted by atomic mass is 35.5. The number of nitrogens with zero attached hydrogens (tertiary/aromatic N) is 2. The van der Waals surface area contributed by atoms with Gasteiger partial charge in [-0.05, 0) is 30.3 Å². The summed E-state index contributed by atoms with van der Waals surface area (Å²) in [6.45, 7) is 2.06. The van der Waals surface area contributed by atoms with E-state index in [1.54, 1.807) is 0 Å². The number of hydrogen-bond donors (Lipinski definition) is 1. The van der Waals surface area contributed by atoms with Gasteiger partial charge in [0.15, 0.2) is 5.78 Å².